The maximum absolute atomic E-state index is 12.6. The first kappa shape index (κ1) is 17.8. The molecule has 1 aliphatic rings. The highest BCUT2D eigenvalue weighted by atomic mass is 32.2. The maximum Gasteiger partial charge on any atom is 0.262 e. The second-order valence-electron chi connectivity index (χ2n) is 6.93. The molecule has 0 saturated heterocycles. The molecule has 0 bridgehead atoms. The standard InChI is InChI=1S/C20H26N2O2S/c1-15-8-13-20(16(2)14-15)25(23,24)22-19-11-9-18(10-12-19)21-17-6-4-3-5-7-17/h8-14,17,21-22H,3-7H2,1-2H3. The largest absolute Gasteiger partial charge is 0.382 e. The van der Waals surface area contributed by atoms with E-state index in [1.54, 1.807) is 6.07 Å². The number of aryl methyl sites for hydroxylation is 2. The number of rotatable bonds is 5. The van der Waals surface area contributed by atoms with Gasteiger partial charge in [-0.25, -0.2) is 8.42 Å². The topological polar surface area (TPSA) is 58.2 Å². The van der Waals surface area contributed by atoms with Gasteiger partial charge in [-0.05, 0) is 62.6 Å². The molecule has 1 fully saturated rings. The van der Waals surface area contributed by atoms with E-state index in [0.717, 1.165) is 16.8 Å². The third-order valence-electron chi connectivity index (χ3n) is 4.73. The fourth-order valence-electron chi connectivity index (χ4n) is 3.43. The van der Waals surface area contributed by atoms with E-state index in [1.165, 1.54) is 32.1 Å². The Balaban J connectivity index is 1.69. The third-order valence-corrected chi connectivity index (χ3v) is 6.27. The van der Waals surface area contributed by atoms with Crippen molar-refractivity contribution in [1.29, 1.82) is 0 Å². The molecule has 0 aromatic heterocycles. The average Bonchev–Trinajstić information content (AvgIpc) is 2.57. The Bertz CT molecular complexity index is 823. The number of nitrogens with one attached hydrogen (secondary N) is 2. The van der Waals surface area contributed by atoms with Crippen molar-refractivity contribution < 1.29 is 8.42 Å². The van der Waals surface area contributed by atoms with Crippen LogP contribution in [0.3, 0.4) is 0 Å². The summed E-state index contributed by atoms with van der Waals surface area (Å²) < 4.78 is 27.9. The molecule has 134 valence electrons. The molecule has 2 aromatic rings. The van der Waals surface area contributed by atoms with Crippen LogP contribution >= 0.6 is 0 Å². The lowest BCUT2D eigenvalue weighted by Crippen LogP contribution is -2.22. The zero-order chi connectivity index (χ0) is 17.9. The quantitative estimate of drug-likeness (QED) is 0.803. The number of anilines is 2. The van der Waals surface area contributed by atoms with Gasteiger partial charge in [-0.15, -0.1) is 0 Å². The lowest BCUT2D eigenvalue weighted by Gasteiger charge is -2.24. The first-order valence-corrected chi connectivity index (χ1v) is 10.4. The first-order chi connectivity index (χ1) is 11.9. The number of benzene rings is 2. The summed E-state index contributed by atoms with van der Waals surface area (Å²) >= 11 is 0. The Morgan fingerprint density at radius 1 is 0.880 bits per heavy atom. The summed E-state index contributed by atoms with van der Waals surface area (Å²) in [7, 11) is -3.57. The van der Waals surface area contributed by atoms with Crippen LogP contribution in [0.4, 0.5) is 11.4 Å². The van der Waals surface area contributed by atoms with Gasteiger partial charge in [-0.2, -0.15) is 0 Å². The molecule has 1 aliphatic carbocycles. The van der Waals surface area contributed by atoms with Gasteiger partial charge >= 0.3 is 0 Å². The van der Waals surface area contributed by atoms with E-state index in [0.29, 0.717) is 16.6 Å². The van der Waals surface area contributed by atoms with Crippen molar-refractivity contribution >= 4 is 21.4 Å². The van der Waals surface area contributed by atoms with Gasteiger partial charge < -0.3 is 5.32 Å². The van der Waals surface area contributed by atoms with Crippen LogP contribution in [0.15, 0.2) is 47.4 Å². The summed E-state index contributed by atoms with van der Waals surface area (Å²) in [6.45, 7) is 3.77. The van der Waals surface area contributed by atoms with Crippen molar-refractivity contribution in [3.8, 4) is 0 Å². The van der Waals surface area contributed by atoms with Crippen LogP contribution in [0.5, 0.6) is 0 Å². The normalized spacial score (nSPS) is 15.8. The molecule has 0 heterocycles. The van der Waals surface area contributed by atoms with E-state index in [1.807, 2.05) is 50.2 Å². The maximum atomic E-state index is 12.6. The van der Waals surface area contributed by atoms with E-state index < -0.39 is 10.0 Å². The van der Waals surface area contributed by atoms with Crippen LogP contribution < -0.4 is 10.0 Å². The molecule has 2 aromatic carbocycles. The number of sulfonamides is 1. The van der Waals surface area contributed by atoms with Crippen LogP contribution in [-0.2, 0) is 10.0 Å². The molecular weight excluding hydrogens is 332 g/mol. The number of hydrogen-bond acceptors (Lipinski definition) is 3. The molecule has 1 saturated carbocycles. The molecule has 0 atom stereocenters. The SMILES string of the molecule is Cc1ccc(S(=O)(=O)Nc2ccc(NC3CCCCC3)cc2)c(C)c1. The highest BCUT2D eigenvalue weighted by Crippen LogP contribution is 2.24. The summed E-state index contributed by atoms with van der Waals surface area (Å²) in [6.07, 6.45) is 6.32. The van der Waals surface area contributed by atoms with E-state index >= 15 is 0 Å². The molecule has 0 amide bonds. The Kier molecular flexibility index (Phi) is 5.33. The van der Waals surface area contributed by atoms with Gasteiger partial charge in [0.15, 0.2) is 0 Å². The third kappa shape index (κ3) is 4.54. The molecule has 0 spiro atoms. The molecule has 0 radical (unpaired) electrons. The van der Waals surface area contributed by atoms with E-state index in [-0.39, 0.29) is 0 Å². The smallest absolute Gasteiger partial charge is 0.262 e. The predicted molar refractivity (Wildman–Crippen MR) is 104 cm³/mol. The Hall–Kier alpha value is -2.01. The zero-order valence-electron chi connectivity index (χ0n) is 14.9. The molecular formula is C20H26N2O2S. The van der Waals surface area contributed by atoms with Crippen molar-refractivity contribution in [2.75, 3.05) is 10.0 Å². The summed E-state index contributed by atoms with van der Waals surface area (Å²) in [5, 5.41) is 3.54. The van der Waals surface area contributed by atoms with Crippen LogP contribution in [0, 0.1) is 13.8 Å². The summed E-state index contributed by atoms with van der Waals surface area (Å²) in [6, 6.07) is 13.4. The van der Waals surface area contributed by atoms with Gasteiger partial charge in [0.1, 0.15) is 0 Å². The second-order valence-corrected chi connectivity index (χ2v) is 8.58. The van der Waals surface area contributed by atoms with Gasteiger partial charge in [-0.1, -0.05) is 37.0 Å². The van der Waals surface area contributed by atoms with E-state index in [4.69, 9.17) is 0 Å². The molecule has 4 nitrogen and oxygen atoms in total. The van der Waals surface area contributed by atoms with Crippen molar-refractivity contribution in [3.05, 3.63) is 53.6 Å². The molecule has 5 heteroatoms. The minimum atomic E-state index is -3.57. The van der Waals surface area contributed by atoms with Crippen LogP contribution in [0.25, 0.3) is 0 Å². The highest BCUT2D eigenvalue weighted by molar-refractivity contribution is 7.92. The van der Waals surface area contributed by atoms with E-state index in [2.05, 4.69) is 10.0 Å². The second kappa shape index (κ2) is 7.48. The fraction of sp³-hybridized carbons (Fsp3) is 0.400. The first-order valence-electron chi connectivity index (χ1n) is 8.91. The Morgan fingerprint density at radius 3 is 2.16 bits per heavy atom. The minimum Gasteiger partial charge on any atom is -0.382 e. The predicted octanol–water partition coefficient (Wildman–Crippen LogP) is 4.85. The molecule has 3 rings (SSSR count). The Labute approximate surface area is 150 Å². The van der Waals surface area contributed by atoms with Crippen LogP contribution in [-0.4, -0.2) is 14.5 Å². The van der Waals surface area contributed by atoms with Crippen molar-refractivity contribution in [2.45, 2.75) is 56.9 Å². The summed E-state index contributed by atoms with van der Waals surface area (Å²) in [4.78, 5) is 0.322. The highest BCUT2D eigenvalue weighted by Gasteiger charge is 2.17. The van der Waals surface area contributed by atoms with Crippen molar-refractivity contribution in [1.82, 2.24) is 0 Å². The van der Waals surface area contributed by atoms with E-state index in [9.17, 15) is 8.42 Å². The Morgan fingerprint density at radius 2 is 1.52 bits per heavy atom. The lowest BCUT2D eigenvalue weighted by atomic mass is 9.95. The monoisotopic (exact) mass is 358 g/mol. The van der Waals surface area contributed by atoms with Gasteiger partial charge in [0.2, 0.25) is 0 Å². The fourth-order valence-corrected chi connectivity index (χ4v) is 4.71. The van der Waals surface area contributed by atoms with Gasteiger partial charge in [0, 0.05) is 17.4 Å². The summed E-state index contributed by atoms with van der Waals surface area (Å²) in [5.41, 5.74) is 3.42. The van der Waals surface area contributed by atoms with Gasteiger partial charge in [0.05, 0.1) is 4.90 Å². The average molecular weight is 359 g/mol. The summed E-state index contributed by atoms with van der Waals surface area (Å²) in [5.74, 6) is 0. The van der Waals surface area contributed by atoms with Crippen molar-refractivity contribution in [2.24, 2.45) is 0 Å². The van der Waals surface area contributed by atoms with Gasteiger partial charge in [0.25, 0.3) is 10.0 Å². The number of hydrogen-bond donors (Lipinski definition) is 2. The zero-order valence-corrected chi connectivity index (χ0v) is 15.7. The lowest BCUT2D eigenvalue weighted by molar-refractivity contribution is 0.463. The molecule has 0 unspecified atom stereocenters. The van der Waals surface area contributed by atoms with Crippen molar-refractivity contribution in [3.63, 3.8) is 0 Å². The van der Waals surface area contributed by atoms with Gasteiger partial charge in [-0.3, -0.25) is 4.72 Å². The molecule has 0 aliphatic heterocycles. The molecule has 2 N–H and O–H groups in total. The minimum absolute atomic E-state index is 0.322. The van der Waals surface area contributed by atoms with Crippen LogP contribution in [0.2, 0.25) is 0 Å². The molecule has 25 heavy (non-hydrogen) atoms. The van der Waals surface area contributed by atoms with Crippen LogP contribution in [0.1, 0.15) is 43.2 Å².